The van der Waals surface area contributed by atoms with Crippen LogP contribution < -0.4 is 10.2 Å². The average Bonchev–Trinajstić information content (AvgIpc) is 2.51. The fourth-order valence-electron chi connectivity index (χ4n) is 2.96. The number of carbonyl (C=O) groups excluding carboxylic acids is 1. The first kappa shape index (κ1) is 16.1. The first-order valence-corrected chi connectivity index (χ1v) is 8.27. The second kappa shape index (κ2) is 7.23. The quantitative estimate of drug-likeness (QED) is 0.808. The zero-order valence-electron chi connectivity index (χ0n) is 13.7. The topological polar surface area (TPSA) is 76.6 Å². The first-order valence-electron chi connectivity index (χ1n) is 8.27. The predicted octanol–water partition coefficient (Wildman–Crippen LogP) is 0.919. The van der Waals surface area contributed by atoms with Crippen molar-refractivity contribution >= 4 is 11.9 Å². The summed E-state index contributed by atoms with van der Waals surface area (Å²) in [7, 11) is 0. The molecule has 3 rings (SSSR count). The lowest BCUT2D eigenvalue weighted by atomic mass is 10.0. The maximum Gasteiger partial charge on any atom is 0.341 e. The zero-order chi connectivity index (χ0) is 16.2. The van der Waals surface area contributed by atoms with Gasteiger partial charge in [-0.15, -0.1) is 0 Å². The Hall–Kier alpha value is -1.73. The van der Waals surface area contributed by atoms with Crippen molar-refractivity contribution in [2.75, 3.05) is 37.8 Å². The van der Waals surface area contributed by atoms with Gasteiger partial charge >= 0.3 is 5.97 Å². The number of carbonyl (C=O) groups is 1. The van der Waals surface area contributed by atoms with Gasteiger partial charge in [-0.25, -0.2) is 14.8 Å². The van der Waals surface area contributed by atoms with Gasteiger partial charge in [0.1, 0.15) is 0 Å². The van der Waals surface area contributed by atoms with Gasteiger partial charge in [-0.05, 0) is 26.7 Å². The summed E-state index contributed by atoms with van der Waals surface area (Å²) in [5, 5.41) is 3.66. The van der Waals surface area contributed by atoms with Gasteiger partial charge in [-0.3, -0.25) is 0 Å². The number of rotatable bonds is 5. The predicted molar refractivity (Wildman–Crippen MR) is 85.7 cm³/mol. The van der Waals surface area contributed by atoms with Crippen LogP contribution >= 0.6 is 0 Å². The molecule has 7 nitrogen and oxygen atoms in total. The molecule has 2 aliphatic heterocycles. The third-order valence-electron chi connectivity index (χ3n) is 4.32. The van der Waals surface area contributed by atoms with Crippen LogP contribution in [0.4, 0.5) is 5.95 Å². The molecule has 0 aromatic carbocycles. The molecule has 0 radical (unpaired) electrons. The fraction of sp³-hybridized carbons (Fsp3) is 0.688. The van der Waals surface area contributed by atoms with Crippen LogP contribution in [0, 0.1) is 6.92 Å². The van der Waals surface area contributed by atoms with Crippen LogP contribution in [0.2, 0.25) is 0 Å². The van der Waals surface area contributed by atoms with E-state index in [1.807, 2.05) is 6.92 Å². The van der Waals surface area contributed by atoms with Crippen LogP contribution in [-0.4, -0.2) is 60.9 Å². The van der Waals surface area contributed by atoms with Crippen molar-refractivity contribution in [3.63, 3.8) is 0 Å². The highest BCUT2D eigenvalue weighted by Gasteiger charge is 2.31. The molecular weight excluding hydrogens is 296 g/mol. The molecule has 126 valence electrons. The molecule has 0 saturated carbocycles. The Morgan fingerprint density at radius 3 is 2.78 bits per heavy atom. The van der Waals surface area contributed by atoms with Crippen LogP contribution in [0.15, 0.2) is 6.20 Å². The van der Waals surface area contributed by atoms with Crippen molar-refractivity contribution in [2.45, 2.75) is 38.8 Å². The van der Waals surface area contributed by atoms with E-state index in [-0.39, 0.29) is 5.97 Å². The van der Waals surface area contributed by atoms with Crippen LogP contribution in [0.25, 0.3) is 0 Å². The number of esters is 1. The summed E-state index contributed by atoms with van der Waals surface area (Å²) in [6.07, 6.45) is 3.73. The van der Waals surface area contributed by atoms with Crippen molar-refractivity contribution in [3.05, 3.63) is 17.5 Å². The Morgan fingerprint density at radius 2 is 2.13 bits per heavy atom. The number of aryl methyl sites for hydroxylation is 1. The highest BCUT2D eigenvalue weighted by Crippen LogP contribution is 2.19. The van der Waals surface area contributed by atoms with Gasteiger partial charge in [0, 0.05) is 44.6 Å². The minimum absolute atomic E-state index is 0.353. The number of ether oxygens (including phenoxy) is 2. The number of hydrogen-bond donors (Lipinski definition) is 1. The molecule has 0 aliphatic carbocycles. The van der Waals surface area contributed by atoms with Gasteiger partial charge in [0.2, 0.25) is 5.95 Å². The van der Waals surface area contributed by atoms with E-state index in [4.69, 9.17) is 9.47 Å². The normalized spacial score (nSPS) is 19.5. The molecular formula is C16H24N4O3. The zero-order valence-corrected chi connectivity index (χ0v) is 13.7. The Kier molecular flexibility index (Phi) is 5.07. The molecule has 0 amide bonds. The van der Waals surface area contributed by atoms with Crippen LogP contribution in [0.5, 0.6) is 0 Å². The van der Waals surface area contributed by atoms with Crippen molar-refractivity contribution in [3.8, 4) is 0 Å². The molecule has 2 saturated heterocycles. The van der Waals surface area contributed by atoms with Crippen molar-refractivity contribution in [1.82, 2.24) is 15.3 Å². The minimum atomic E-state index is -0.362. The van der Waals surface area contributed by atoms with E-state index in [9.17, 15) is 4.79 Å². The molecule has 1 aromatic rings. The summed E-state index contributed by atoms with van der Waals surface area (Å²) in [6.45, 7) is 7.46. The Labute approximate surface area is 136 Å². The molecule has 3 heterocycles. The highest BCUT2D eigenvalue weighted by atomic mass is 16.5. The summed E-state index contributed by atoms with van der Waals surface area (Å²) < 4.78 is 10.4. The summed E-state index contributed by atoms with van der Waals surface area (Å²) in [4.78, 5) is 22.6. The number of nitrogens with zero attached hydrogens (tertiary/aromatic N) is 3. The molecule has 2 aliphatic rings. The molecule has 23 heavy (non-hydrogen) atoms. The maximum absolute atomic E-state index is 11.8. The van der Waals surface area contributed by atoms with Gasteiger partial charge in [0.25, 0.3) is 0 Å². The van der Waals surface area contributed by atoms with Crippen molar-refractivity contribution in [1.29, 1.82) is 0 Å². The third-order valence-corrected chi connectivity index (χ3v) is 4.32. The molecule has 0 spiro atoms. The van der Waals surface area contributed by atoms with Crippen LogP contribution in [-0.2, 0) is 9.47 Å². The van der Waals surface area contributed by atoms with Gasteiger partial charge in [-0.2, -0.15) is 0 Å². The fourth-order valence-corrected chi connectivity index (χ4v) is 2.96. The molecule has 7 heteroatoms. The van der Waals surface area contributed by atoms with E-state index in [1.165, 1.54) is 0 Å². The molecule has 1 aromatic heterocycles. The van der Waals surface area contributed by atoms with Gasteiger partial charge in [0.15, 0.2) is 0 Å². The smallest absolute Gasteiger partial charge is 0.341 e. The number of hydrogen-bond acceptors (Lipinski definition) is 7. The summed E-state index contributed by atoms with van der Waals surface area (Å²) in [5.74, 6) is 0.319. The van der Waals surface area contributed by atoms with Gasteiger partial charge in [0.05, 0.1) is 17.9 Å². The van der Waals surface area contributed by atoms with Crippen LogP contribution in [0.3, 0.4) is 0 Å². The molecule has 2 fully saturated rings. The molecule has 0 unspecified atom stereocenters. The Bertz CT molecular complexity index is 554. The van der Waals surface area contributed by atoms with E-state index in [0.717, 1.165) is 39.1 Å². The second-order valence-corrected chi connectivity index (χ2v) is 6.04. The number of nitrogens with one attached hydrogen (secondary N) is 1. The van der Waals surface area contributed by atoms with Crippen molar-refractivity contribution in [2.24, 2.45) is 0 Å². The summed E-state index contributed by atoms with van der Waals surface area (Å²) in [5.41, 5.74) is 1.10. The van der Waals surface area contributed by atoms with E-state index in [2.05, 4.69) is 20.2 Å². The van der Waals surface area contributed by atoms with Gasteiger partial charge in [-0.1, -0.05) is 0 Å². The van der Waals surface area contributed by atoms with E-state index in [0.29, 0.717) is 35.9 Å². The van der Waals surface area contributed by atoms with Crippen LogP contribution in [0.1, 0.15) is 35.8 Å². The monoisotopic (exact) mass is 320 g/mol. The summed E-state index contributed by atoms with van der Waals surface area (Å²) >= 11 is 0. The maximum atomic E-state index is 11.8. The lowest BCUT2D eigenvalue weighted by Gasteiger charge is -2.42. The number of aromatic nitrogens is 2. The van der Waals surface area contributed by atoms with E-state index >= 15 is 0 Å². The first-order chi connectivity index (χ1) is 11.2. The average molecular weight is 320 g/mol. The molecule has 0 atom stereocenters. The summed E-state index contributed by atoms with van der Waals surface area (Å²) in [6, 6.07) is 1.04. The van der Waals surface area contributed by atoms with E-state index < -0.39 is 0 Å². The van der Waals surface area contributed by atoms with Crippen molar-refractivity contribution < 1.29 is 14.3 Å². The highest BCUT2D eigenvalue weighted by molar-refractivity contribution is 5.90. The largest absolute Gasteiger partial charge is 0.462 e. The Balaban J connectivity index is 1.53. The SMILES string of the molecule is CCOC(=O)c1cnc(N2CC(NC3CCOCC3)C2)nc1C. The lowest BCUT2D eigenvalue weighted by molar-refractivity contribution is 0.0524. The second-order valence-electron chi connectivity index (χ2n) is 6.04. The Morgan fingerprint density at radius 1 is 1.39 bits per heavy atom. The third kappa shape index (κ3) is 3.79. The molecule has 1 N–H and O–H groups in total. The lowest BCUT2D eigenvalue weighted by Crippen LogP contribution is -2.61. The number of anilines is 1. The standard InChI is InChI=1S/C16H24N4O3/c1-3-23-15(21)14-8-17-16(18-11(14)2)20-9-13(10-20)19-12-4-6-22-7-5-12/h8,12-13,19H,3-7,9-10H2,1-2H3. The van der Waals surface area contributed by atoms with E-state index in [1.54, 1.807) is 13.1 Å². The van der Waals surface area contributed by atoms with Gasteiger partial charge < -0.3 is 19.7 Å². The minimum Gasteiger partial charge on any atom is -0.462 e. The molecule has 0 bridgehead atoms.